The molecule has 0 radical (unpaired) electrons. The van der Waals surface area contributed by atoms with Gasteiger partial charge in [-0.15, -0.1) is 0 Å². The minimum Gasteiger partial charge on any atom is -0.375 e. The fourth-order valence-electron chi connectivity index (χ4n) is 1.88. The minimum absolute atomic E-state index is 0.0482. The van der Waals surface area contributed by atoms with Gasteiger partial charge in [0.1, 0.15) is 6.61 Å². The van der Waals surface area contributed by atoms with Gasteiger partial charge in [0.05, 0.1) is 13.0 Å². The molecular formula is C11H20F2N2O2. The van der Waals surface area contributed by atoms with E-state index in [-0.39, 0.29) is 25.0 Å². The van der Waals surface area contributed by atoms with Gasteiger partial charge in [0.25, 0.3) is 6.43 Å². The molecule has 1 aliphatic heterocycles. The molecule has 1 N–H and O–H groups in total. The zero-order valence-electron chi connectivity index (χ0n) is 10.1. The van der Waals surface area contributed by atoms with Crippen molar-refractivity contribution in [3.8, 4) is 0 Å². The quantitative estimate of drug-likeness (QED) is 0.711. The number of rotatable bonds is 6. The monoisotopic (exact) mass is 250 g/mol. The summed E-state index contributed by atoms with van der Waals surface area (Å²) in [7, 11) is 1.76. The zero-order chi connectivity index (χ0) is 12.7. The van der Waals surface area contributed by atoms with E-state index in [1.54, 1.807) is 11.9 Å². The molecule has 0 aromatic heterocycles. The Morgan fingerprint density at radius 3 is 2.94 bits per heavy atom. The lowest BCUT2D eigenvalue weighted by Crippen LogP contribution is -2.46. The van der Waals surface area contributed by atoms with Gasteiger partial charge in [-0.05, 0) is 19.4 Å². The number of halogens is 2. The number of ether oxygens (including phenoxy) is 1. The van der Waals surface area contributed by atoms with Crippen LogP contribution in [0, 0.1) is 0 Å². The van der Waals surface area contributed by atoms with Crippen molar-refractivity contribution < 1.29 is 18.3 Å². The lowest BCUT2D eigenvalue weighted by Gasteiger charge is -2.31. The number of piperidine rings is 1. The third-order valence-corrected chi connectivity index (χ3v) is 2.92. The van der Waals surface area contributed by atoms with E-state index in [1.807, 2.05) is 0 Å². The van der Waals surface area contributed by atoms with Crippen molar-refractivity contribution in [1.82, 2.24) is 10.2 Å². The van der Waals surface area contributed by atoms with Crippen molar-refractivity contribution in [2.75, 3.05) is 33.4 Å². The molecule has 1 fully saturated rings. The highest BCUT2D eigenvalue weighted by Gasteiger charge is 2.21. The van der Waals surface area contributed by atoms with Crippen molar-refractivity contribution in [2.24, 2.45) is 0 Å². The summed E-state index contributed by atoms with van der Waals surface area (Å²) in [5.41, 5.74) is 0. The molecule has 0 bridgehead atoms. The highest BCUT2D eigenvalue weighted by Crippen LogP contribution is 2.09. The second-order valence-electron chi connectivity index (χ2n) is 4.22. The number of nitrogens with zero attached hydrogens (tertiary/aromatic N) is 1. The number of carbonyl (C=O) groups is 1. The van der Waals surface area contributed by atoms with E-state index in [0.29, 0.717) is 0 Å². The summed E-state index contributed by atoms with van der Waals surface area (Å²) in [6, 6.07) is 0.214. The Labute approximate surface area is 100 Å². The van der Waals surface area contributed by atoms with Gasteiger partial charge in [0.15, 0.2) is 0 Å². The maximum absolute atomic E-state index is 11.8. The molecule has 0 aliphatic carbocycles. The Morgan fingerprint density at radius 2 is 2.35 bits per heavy atom. The average molecular weight is 250 g/mol. The summed E-state index contributed by atoms with van der Waals surface area (Å²) in [6.07, 6.45) is -0.248. The summed E-state index contributed by atoms with van der Waals surface area (Å²) in [4.78, 5) is 13.4. The highest BCUT2D eigenvalue weighted by atomic mass is 19.3. The molecule has 17 heavy (non-hydrogen) atoms. The normalized spacial score (nSPS) is 20.6. The molecular weight excluding hydrogens is 230 g/mol. The number of hydrogen-bond acceptors (Lipinski definition) is 3. The second kappa shape index (κ2) is 7.55. The predicted molar refractivity (Wildman–Crippen MR) is 60.1 cm³/mol. The number of likely N-dealkylation sites (N-methyl/N-ethyl adjacent to an activating group) is 1. The van der Waals surface area contributed by atoms with Crippen LogP contribution < -0.4 is 5.32 Å². The lowest BCUT2D eigenvalue weighted by molar-refractivity contribution is -0.133. The van der Waals surface area contributed by atoms with Gasteiger partial charge >= 0.3 is 0 Å². The van der Waals surface area contributed by atoms with Gasteiger partial charge in [-0.3, -0.25) is 4.79 Å². The van der Waals surface area contributed by atoms with Gasteiger partial charge in [0.2, 0.25) is 5.91 Å². The van der Waals surface area contributed by atoms with E-state index >= 15 is 0 Å². The molecule has 0 aromatic rings. The molecule has 4 nitrogen and oxygen atoms in total. The fourth-order valence-corrected chi connectivity index (χ4v) is 1.88. The van der Waals surface area contributed by atoms with Crippen LogP contribution in [0.5, 0.6) is 0 Å². The van der Waals surface area contributed by atoms with E-state index in [2.05, 4.69) is 5.32 Å². The predicted octanol–water partition coefficient (Wildman–Crippen LogP) is 0.869. The standard InChI is InChI=1S/C11H20F2N2O2/c1-15(9-3-2-5-14-7-9)11(16)4-6-17-8-10(12)13/h9-10,14H,2-8H2,1H3. The zero-order valence-corrected chi connectivity index (χ0v) is 10.1. The average Bonchev–Trinajstić information content (AvgIpc) is 2.34. The Bertz CT molecular complexity index is 234. The Morgan fingerprint density at radius 1 is 1.59 bits per heavy atom. The number of hydrogen-bond donors (Lipinski definition) is 1. The van der Waals surface area contributed by atoms with Gasteiger partial charge in [-0.2, -0.15) is 0 Å². The summed E-state index contributed by atoms with van der Waals surface area (Å²) >= 11 is 0. The van der Waals surface area contributed by atoms with Crippen molar-refractivity contribution in [3.63, 3.8) is 0 Å². The molecule has 100 valence electrons. The summed E-state index contributed by atoms with van der Waals surface area (Å²) in [5.74, 6) is -0.0482. The first-order valence-corrected chi connectivity index (χ1v) is 5.93. The Kier molecular flexibility index (Phi) is 6.36. The first kappa shape index (κ1) is 14.3. The number of alkyl halides is 2. The van der Waals surface area contributed by atoms with E-state index < -0.39 is 13.0 Å². The molecule has 1 atom stereocenters. The van der Waals surface area contributed by atoms with Gasteiger partial charge in [-0.1, -0.05) is 0 Å². The SMILES string of the molecule is CN(C(=O)CCOCC(F)F)C1CCCNC1. The van der Waals surface area contributed by atoms with Crippen LogP contribution in [0.2, 0.25) is 0 Å². The van der Waals surface area contributed by atoms with Crippen LogP contribution in [0.15, 0.2) is 0 Å². The maximum Gasteiger partial charge on any atom is 0.261 e. The molecule has 1 aliphatic rings. The Hall–Kier alpha value is -0.750. The summed E-state index contributed by atoms with van der Waals surface area (Å²) in [6.45, 7) is 1.27. The van der Waals surface area contributed by atoms with Gasteiger partial charge in [0, 0.05) is 19.6 Å². The molecule has 1 heterocycles. The third kappa shape index (κ3) is 5.41. The molecule has 1 amide bonds. The maximum atomic E-state index is 11.8. The van der Waals surface area contributed by atoms with Crippen molar-refractivity contribution in [2.45, 2.75) is 31.7 Å². The van der Waals surface area contributed by atoms with Gasteiger partial charge in [-0.25, -0.2) is 8.78 Å². The summed E-state index contributed by atoms with van der Waals surface area (Å²) < 4.78 is 28.3. The van der Waals surface area contributed by atoms with Crippen molar-refractivity contribution in [1.29, 1.82) is 0 Å². The molecule has 1 saturated heterocycles. The van der Waals surface area contributed by atoms with E-state index in [4.69, 9.17) is 4.74 Å². The van der Waals surface area contributed by atoms with Crippen molar-refractivity contribution >= 4 is 5.91 Å². The van der Waals surface area contributed by atoms with Crippen LogP contribution >= 0.6 is 0 Å². The topological polar surface area (TPSA) is 41.6 Å². The summed E-state index contributed by atoms with van der Waals surface area (Å²) in [5, 5.41) is 3.23. The minimum atomic E-state index is -2.47. The van der Waals surface area contributed by atoms with Crippen molar-refractivity contribution in [3.05, 3.63) is 0 Å². The third-order valence-electron chi connectivity index (χ3n) is 2.92. The first-order valence-electron chi connectivity index (χ1n) is 5.93. The first-order chi connectivity index (χ1) is 8.11. The van der Waals surface area contributed by atoms with E-state index in [9.17, 15) is 13.6 Å². The van der Waals surface area contributed by atoms with E-state index in [0.717, 1.165) is 25.9 Å². The molecule has 0 spiro atoms. The largest absolute Gasteiger partial charge is 0.375 e. The Balaban J connectivity index is 2.17. The van der Waals surface area contributed by atoms with Crippen LogP contribution in [-0.2, 0) is 9.53 Å². The number of amides is 1. The molecule has 0 aromatic carbocycles. The number of nitrogens with one attached hydrogen (secondary N) is 1. The lowest BCUT2D eigenvalue weighted by atomic mass is 10.1. The smallest absolute Gasteiger partial charge is 0.261 e. The van der Waals surface area contributed by atoms with Gasteiger partial charge < -0.3 is 15.0 Å². The second-order valence-corrected chi connectivity index (χ2v) is 4.22. The molecule has 1 unspecified atom stereocenters. The fraction of sp³-hybridized carbons (Fsp3) is 0.909. The van der Waals surface area contributed by atoms with Crippen LogP contribution in [0.25, 0.3) is 0 Å². The highest BCUT2D eigenvalue weighted by molar-refractivity contribution is 5.76. The van der Waals surface area contributed by atoms with Crippen LogP contribution in [0.1, 0.15) is 19.3 Å². The molecule has 1 rings (SSSR count). The number of carbonyl (C=O) groups excluding carboxylic acids is 1. The van der Waals surface area contributed by atoms with Crippen LogP contribution in [0.4, 0.5) is 8.78 Å². The molecule has 6 heteroatoms. The van der Waals surface area contributed by atoms with Crippen LogP contribution in [-0.4, -0.2) is 56.6 Å². The van der Waals surface area contributed by atoms with Crippen LogP contribution in [0.3, 0.4) is 0 Å². The van der Waals surface area contributed by atoms with E-state index in [1.165, 1.54) is 0 Å². The molecule has 0 saturated carbocycles.